The highest BCUT2D eigenvalue weighted by Crippen LogP contribution is 2.40. The lowest BCUT2D eigenvalue weighted by Crippen LogP contribution is -2.37. The molecule has 0 bridgehead atoms. The Balaban J connectivity index is 2.32. The van der Waals surface area contributed by atoms with Gasteiger partial charge in [0.15, 0.2) is 0 Å². The van der Waals surface area contributed by atoms with Gasteiger partial charge >= 0.3 is 0 Å². The highest BCUT2D eigenvalue weighted by molar-refractivity contribution is 6.33. The maximum Gasteiger partial charge on any atom is 0.0912 e. The van der Waals surface area contributed by atoms with Crippen molar-refractivity contribution in [1.29, 1.82) is 0 Å². The topological polar surface area (TPSA) is 46.2 Å². The van der Waals surface area contributed by atoms with Crippen LogP contribution in [-0.2, 0) is 5.60 Å². The van der Waals surface area contributed by atoms with Gasteiger partial charge in [-0.1, -0.05) is 23.2 Å². The maximum atomic E-state index is 10.6. The van der Waals surface area contributed by atoms with Crippen molar-refractivity contribution in [2.24, 2.45) is 5.73 Å². The summed E-state index contributed by atoms with van der Waals surface area (Å²) in [5.74, 6) is 0. The average Bonchev–Trinajstić information content (AvgIpc) is 2.26. The summed E-state index contributed by atoms with van der Waals surface area (Å²) in [5, 5.41) is 11.7. The van der Waals surface area contributed by atoms with E-state index in [-0.39, 0.29) is 6.04 Å². The number of benzene rings is 1. The molecule has 0 atom stereocenters. The summed E-state index contributed by atoms with van der Waals surface area (Å²) in [7, 11) is 0. The standard InChI is InChI=1S/C12H15Cl2NO/c13-8-1-2-11(14)10(7-8)12(16)5-3-9(15)4-6-12/h1-2,7,9,16H,3-6,15H2. The molecule has 4 heteroatoms. The summed E-state index contributed by atoms with van der Waals surface area (Å²) in [4.78, 5) is 0. The fourth-order valence-corrected chi connectivity index (χ4v) is 2.71. The van der Waals surface area contributed by atoms with E-state index >= 15 is 0 Å². The van der Waals surface area contributed by atoms with Crippen molar-refractivity contribution in [3.05, 3.63) is 33.8 Å². The third-order valence-corrected chi connectivity index (χ3v) is 3.85. The molecule has 1 aromatic carbocycles. The van der Waals surface area contributed by atoms with Crippen LogP contribution in [-0.4, -0.2) is 11.1 Å². The molecule has 1 aliphatic rings. The van der Waals surface area contributed by atoms with Crippen molar-refractivity contribution >= 4 is 23.2 Å². The Labute approximate surface area is 105 Å². The van der Waals surface area contributed by atoms with Crippen molar-refractivity contribution in [3.8, 4) is 0 Å². The molecular weight excluding hydrogens is 245 g/mol. The molecule has 3 N–H and O–H groups in total. The minimum absolute atomic E-state index is 0.193. The lowest BCUT2D eigenvalue weighted by Gasteiger charge is -2.35. The van der Waals surface area contributed by atoms with Gasteiger partial charge in [0, 0.05) is 21.7 Å². The van der Waals surface area contributed by atoms with E-state index in [1.54, 1.807) is 18.2 Å². The molecule has 0 heterocycles. The first-order chi connectivity index (χ1) is 7.51. The molecule has 1 fully saturated rings. The molecule has 0 radical (unpaired) electrons. The van der Waals surface area contributed by atoms with E-state index in [2.05, 4.69) is 0 Å². The van der Waals surface area contributed by atoms with Gasteiger partial charge in [0.1, 0.15) is 0 Å². The van der Waals surface area contributed by atoms with Gasteiger partial charge < -0.3 is 10.8 Å². The number of halogens is 2. The minimum Gasteiger partial charge on any atom is -0.385 e. The van der Waals surface area contributed by atoms with Gasteiger partial charge in [0.25, 0.3) is 0 Å². The van der Waals surface area contributed by atoms with Crippen molar-refractivity contribution < 1.29 is 5.11 Å². The molecule has 0 amide bonds. The first kappa shape index (κ1) is 12.2. The lowest BCUT2D eigenvalue weighted by atomic mass is 9.78. The second-order valence-electron chi connectivity index (χ2n) is 4.49. The fraction of sp³-hybridized carbons (Fsp3) is 0.500. The number of hydrogen-bond acceptors (Lipinski definition) is 2. The summed E-state index contributed by atoms with van der Waals surface area (Å²) in [6.45, 7) is 0. The SMILES string of the molecule is NC1CCC(O)(c2cc(Cl)ccc2Cl)CC1. The molecule has 1 aromatic rings. The van der Waals surface area contributed by atoms with Crippen LogP contribution in [0.1, 0.15) is 31.2 Å². The maximum absolute atomic E-state index is 10.6. The molecule has 0 spiro atoms. The summed E-state index contributed by atoms with van der Waals surface area (Å²) in [6, 6.07) is 5.40. The number of rotatable bonds is 1. The van der Waals surface area contributed by atoms with E-state index < -0.39 is 5.60 Å². The van der Waals surface area contributed by atoms with E-state index in [1.165, 1.54) is 0 Å². The number of aliphatic hydroxyl groups is 1. The Morgan fingerprint density at radius 2 is 1.88 bits per heavy atom. The van der Waals surface area contributed by atoms with Crippen LogP contribution in [0.4, 0.5) is 0 Å². The van der Waals surface area contributed by atoms with Crippen LogP contribution in [0.15, 0.2) is 18.2 Å². The Morgan fingerprint density at radius 3 is 2.50 bits per heavy atom. The first-order valence-corrected chi connectivity index (χ1v) is 6.20. The van der Waals surface area contributed by atoms with E-state index in [0.717, 1.165) is 18.4 Å². The number of nitrogens with two attached hydrogens (primary N) is 1. The highest BCUT2D eigenvalue weighted by atomic mass is 35.5. The van der Waals surface area contributed by atoms with Crippen LogP contribution in [0.25, 0.3) is 0 Å². The Bertz CT molecular complexity index is 387. The monoisotopic (exact) mass is 259 g/mol. The quantitative estimate of drug-likeness (QED) is 0.815. The molecule has 0 unspecified atom stereocenters. The summed E-state index contributed by atoms with van der Waals surface area (Å²) >= 11 is 12.0. The molecule has 0 aliphatic heterocycles. The van der Waals surface area contributed by atoms with Gasteiger partial charge in [-0.25, -0.2) is 0 Å². The Hall–Kier alpha value is -0.280. The van der Waals surface area contributed by atoms with Crippen LogP contribution in [0.2, 0.25) is 10.0 Å². The molecule has 1 saturated carbocycles. The van der Waals surface area contributed by atoms with Crippen LogP contribution in [0.3, 0.4) is 0 Å². The zero-order chi connectivity index (χ0) is 11.8. The van der Waals surface area contributed by atoms with Crippen molar-refractivity contribution in [2.75, 3.05) is 0 Å². The van der Waals surface area contributed by atoms with Crippen molar-refractivity contribution in [2.45, 2.75) is 37.3 Å². The molecule has 1 aliphatic carbocycles. The van der Waals surface area contributed by atoms with E-state index in [4.69, 9.17) is 28.9 Å². The minimum atomic E-state index is -0.863. The Kier molecular flexibility index (Phi) is 3.45. The summed E-state index contributed by atoms with van der Waals surface area (Å²) in [6.07, 6.45) is 2.93. The fourth-order valence-electron chi connectivity index (χ4n) is 2.24. The zero-order valence-electron chi connectivity index (χ0n) is 8.92. The van der Waals surface area contributed by atoms with Crippen LogP contribution < -0.4 is 5.73 Å². The van der Waals surface area contributed by atoms with Crippen molar-refractivity contribution in [1.82, 2.24) is 0 Å². The van der Waals surface area contributed by atoms with E-state index in [9.17, 15) is 5.11 Å². The van der Waals surface area contributed by atoms with Crippen LogP contribution >= 0.6 is 23.2 Å². The largest absolute Gasteiger partial charge is 0.385 e. The molecule has 0 saturated heterocycles. The van der Waals surface area contributed by atoms with Gasteiger partial charge in [-0.3, -0.25) is 0 Å². The van der Waals surface area contributed by atoms with Crippen molar-refractivity contribution in [3.63, 3.8) is 0 Å². The molecule has 88 valence electrons. The van der Waals surface area contributed by atoms with Gasteiger partial charge in [0.05, 0.1) is 5.60 Å². The van der Waals surface area contributed by atoms with Crippen LogP contribution in [0.5, 0.6) is 0 Å². The highest BCUT2D eigenvalue weighted by Gasteiger charge is 2.35. The second-order valence-corrected chi connectivity index (χ2v) is 5.34. The summed E-state index contributed by atoms with van der Waals surface area (Å²) in [5.41, 5.74) is 5.70. The lowest BCUT2D eigenvalue weighted by molar-refractivity contribution is -0.00485. The number of hydrogen-bond donors (Lipinski definition) is 2. The van der Waals surface area contributed by atoms with E-state index in [1.807, 2.05) is 0 Å². The molecular formula is C12H15Cl2NO. The molecule has 0 aromatic heterocycles. The Morgan fingerprint density at radius 1 is 1.25 bits per heavy atom. The predicted molar refractivity (Wildman–Crippen MR) is 66.8 cm³/mol. The molecule has 16 heavy (non-hydrogen) atoms. The normalized spacial score (nSPS) is 30.4. The van der Waals surface area contributed by atoms with Crippen LogP contribution in [0, 0.1) is 0 Å². The third-order valence-electron chi connectivity index (χ3n) is 3.29. The average molecular weight is 260 g/mol. The molecule has 2 rings (SSSR count). The van der Waals surface area contributed by atoms with Gasteiger partial charge in [0.2, 0.25) is 0 Å². The molecule has 2 nitrogen and oxygen atoms in total. The zero-order valence-corrected chi connectivity index (χ0v) is 10.4. The van der Waals surface area contributed by atoms with E-state index in [0.29, 0.717) is 22.9 Å². The van der Waals surface area contributed by atoms with Gasteiger partial charge in [-0.15, -0.1) is 0 Å². The van der Waals surface area contributed by atoms with Gasteiger partial charge in [-0.05, 0) is 43.9 Å². The van der Waals surface area contributed by atoms with Gasteiger partial charge in [-0.2, -0.15) is 0 Å². The third kappa shape index (κ3) is 2.35. The second kappa shape index (κ2) is 4.53. The summed E-state index contributed by atoms with van der Waals surface area (Å²) < 4.78 is 0. The first-order valence-electron chi connectivity index (χ1n) is 5.45. The smallest absolute Gasteiger partial charge is 0.0912 e. The predicted octanol–water partition coefficient (Wildman–Crippen LogP) is 3.08.